The van der Waals surface area contributed by atoms with Gasteiger partial charge in [0.2, 0.25) is 0 Å². The normalized spacial score (nSPS) is 11.8. The molecule has 0 aliphatic rings. The molecule has 0 saturated carbocycles. The average molecular weight is 415 g/mol. The van der Waals surface area contributed by atoms with E-state index in [1.54, 1.807) is 12.1 Å². The van der Waals surface area contributed by atoms with Crippen LogP contribution >= 0.6 is 0 Å². The van der Waals surface area contributed by atoms with Crippen molar-refractivity contribution in [2.24, 2.45) is 4.99 Å². The number of H-pyrrole nitrogens is 1. The van der Waals surface area contributed by atoms with Crippen molar-refractivity contribution >= 4 is 28.0 Å². The third-order valence-electron chi connectivity index (χ3n) is 4.22. The Hall–Kier alpha value is -3.50. The first kappa shape index (κ1) is 20.2. The number of hydrogen-bond acceptors (Lipinski definition) is 5. The van der Waals surface area contributed by atoms with Crippen LogP contribution in [0.3, 0.4) is 0 Å². The second-order valence-electron chi connectivity index (χ2n) is 6.05. The van der Waals surface area contributed by atoms with Gasteiger partial charge in [0.25, 0.3) is 15.7 Å². The second-order valence-corrected chi connectivity index (χ2v) is 7.47. The predicted octanol–water partition coefficient (Wildman–Crippen LogP) is 2.42. The van der Waals surface area contributed by atoms with Crippen molar-refractivity contribution in [3.05, 3.63) is 75.7 Å². The molecule has 10 heteroatoms. The predicted molar refractivity (Wildman–Crippen MR) is 106 cm³/mol. The minimum atomic E-state index is -4.34. The minimum Gasteiger partial charge on any atom is -0.478 e. The summed E-state index contributed by atoms with van der Waals surface area (Å²) in [6.07, 6.45) is 1.79. The number of aromatic nitrogens is 2. The smallest absolute Gasteiger partial charge is 0.337 e. The number of rotatable bonds is 6. The highest BCUT2D eigenvalue weighted by molar-refractivity contribution is 7.85. The molecule has 3 N–H and O–H groups in total. The van der Waals surface area contributed by atoms with E-state index in [4.69, 9.17) is 4.55 Å². The van der Waals surface area contributed by atoms with Gasteiger partial charge in [-0.15, -0.1) is 0 Å². The van der Waals surface area contributed by atoms with Crippen molar-refractivity contribution in [2.75, 3.05) is 0 Å². The van der Waals surface area contributed by atoms with Crippen LogP contribution in [-0.2, 0) is 16.5 Å². The first-order valence-electron chi connectivity index (χ1n) is 8.50. The van der Waals surface area contributed by atoms with Gasteiger partial charge in [-0.1, -0.05) is 19.1 Å². The van der Waals surface area contributed by atoms with E-state index in [-0.39, 0.29) is 21.7 Å². The number of hydrogen-bond donors (Lipinski definition) is 3. The lowest BCUT2D eigenvalue weighted by molar-refractivity contribution is 0.0698. The number of carboxylic acids is 1. The quantitative estimate of drug-likeness (QED) is 0.417. The molecular formula is C19H17N3O6S. The van der Waals surface area contributed by atoms with Gasteiger partial charge in [-0.3, -0.25) is 19.4 Å². The Morgan fingerprint density at radius 1 is 1.17 bits per heavy atom. The SMILES string of the molecule is CCc1[nH]n(-c2ccc(S(=O)(=O)O)cc2)c(=O)c1C=Nc1ccccc1C(=O)O. The number of aliphatic imine (C=N–C) groups is 1. The lowest BCUT2D eigenvalue weighted by Crippen LogP contribution is -2.17. The Morgan fingerprint density at radius 2 is 1.83 bits per heavy atom. The second kappa shape index (κ2) is 7.86. The summed E-state index contributed by atoms with van der Waals surface area (Å²) in [4.78, 5) is 28.0. The van der Waals surface area contributed by atoms with E-state index >= 15 is 0 Å². The van der Waals surface area contributed by atoms with Gasteiger partial charge >= 0.3 is 5.97 Å². The van der Waals surface area contributed by atoms with Gasteiger partial charge < -0.3 is 5.11 Å². The third-order valence-corrected chi connectivity index (χ3v) is 5.09. The Kier molecular flexibility index (Phi) is 5.48. The lowest BCUT2D eigenvalue weighted by Gasteiger charge is -2.02. The van der Waals surface area contributed by atoms with Gasteiger partial charge in [0, 0.05) is 11.9 Å². The molecule has 0 radical (unpaired) electrons. The molecule has 0 amide bonds. The van der Waals surface area contributed by atoms with Crippen molar-refractivity contribution in [1.29, 1.82) is 0 Å². The molecule has 1 heterocycles. The Morgan fingerprint density at radius 3 is 2.41 bits per heavy atom. The highest BCUT2D eigenvalue weighted by Crippen LogP contribution is 2.19. The van der Waals surface area contributed by atoms with Gasteiger partial charge in [-0.05, 0) is 42.8 Å². The molecule has 0 unspecified atom stereocenters. The average Bonchev–Trinajstić information content (AvgIpc) is 3.01. The summed E-state index contributed by atoms with van der Waals surface area (Å²) in [7, 11) is -4.34. The number of carbonyl (C=O) groups is 1. The molecule has 3 rings (SSSR count). The summed E-state index contributed by atoms with van der Waals surface area (Å²) in [5, 5.41) is 12.2. The van der Waals surface area contributed by atoms with Crippen molar-refractivity contribution in [2.45, 2.75) is 18.2 Å². The Labute approximate surface area is 165 Å². The number of aromatic carboxylic acids is 1. The van der Waals surface area contributed by atoms with Gasteiger partial charge in [-0.2, -0.15) is 8.42 Å². The zero-order valence-corrected chi connectivity index (χ0v) is 16.0. The van der Waals surface area contributed by atoms with Crippen LogP contribution in [0.15, 0.2) is 63.2 Å². The number of aryl methyl sites for hydroxylation is 1. The van der Waals surface area contributed by atoms with Crippen LogP contribution in [0.1, 0.15) is 28.5 Å². The molecule has 0 spiro atoms. The Balaban J connectivity index is 2.04. The summed E-state index contributed by atoms with van der Waals surface area (Å²) in [6.45, 7) is 1.83. The molecule has 0 aliphatic carbocycles. The van der Waals surface area contributed by atoms with Gasteiger partial charge in [0.1, 0.15) is 0 Å². The van der Waals surface area contributed by atoms with E-state index in [9.17, 15) is 23.1 Å². The largest absolute Gasteiger partial charge is 0.478 e. The van der Waals surface area contributed by atoms with Crippen LogP contribution < -0.4 is 5.56 Å². The van der Waals surface area contributed by atoms with Gasteiger partial charge in [-0.25, -0.2) is 9.48 Å². The number of benzene rings is 2. The van der Waals surface area contributed by atoms with Gasteiger partial charge in [0.15, 0.2) is 0 Å². The van der Waals surface area contributed by atoms with Crippen LogP contribution in [0.4, 0.5) is 5.69 Å². The highest BCUT2D eigenvalue weighted by atomic mass is 32.2. The van der Waals surface area contributed by atoms with Crippen molar-refractivity contribution < 1.29 is 22.9 Å². The molecular weight excluding hydrogens is 398 g/mol. The molecule has 150 valence electrons. The van der Waals surface area contributed by atoms with Crippen molar-refractivity contribution in [3.8, 4) is 5.69 Å². The van der Waals surface area contributed by atoms with E-state index in [1.807, 2.05) is 6.92 Å². The number of nitrogens with zero attached hydrogens (tertiary/aromatic N) is 2. The van der Waals surface area contributed by atoms with Crippen LogP contribution in [0.25, 0.3) is 5.69 Å². The number of carboxylic acid groups (broad SMARTS) is 1. The standard InChI is InChI=1S/C19H17N3O6S/c1-2-16-15(11-20-17-6-4-3-5-14(17)19(24)25)18(23)22(21-16)12-7-9-13(10-8-12)29(26,27)28/h3-11,21H,2H2,1H3,(H,24,25)(H,26,27,28). The summed E-state index contributed by atoms with van der Waals surface area (Å²) < 4.78 is 32.6. The molecule has 0 aliphatic heterocycles. The first-order chi connectivity index (χ1) is 13.7. The van der Waals surface area contributed by atoms with E-state index in [0.717, 1.165) is 0 Å². The lowest BCUT2D eigenvalue weighted by atomic mass is 10.2. The maximum Gasteiger partial charge on any atom is 0.337 e. The van der Waals surface area contributed by atoms with Crippen LogP contribution in [0.2, 0.25) is 0 Å². The molecule has 9 nitrogen and oxygen atoms in total. The highest BCUT2D eigenvalue weighted by Gasteiger charge is 2.15. The topological polar surface area (TPSA) is 142 Å². The minimum absolute atomic E-state index is 0.0125. The number of aromatic amines is 1. The zero-order valence-electron chi connectivity index (χ0n) is 15.2. The van der Waals surface area contributed by atoms with Crippen molar-refractivity contribution in [1.82, 2.24) is 9.78 Å². The summed E-state index contributed by atoms with van der Waals surface area (Å²) in [5.74, 6) is -1.13. The number of nitrogens with one attached hydrogen (secondary N) is 1. The monoisotopic (exact) mass is 415 g/mol. The molecule has 2 aromatic carbocycles. The van der Waals surface area contributed by atoms with E-state index in [1.165, 1.54) is 47.3 Å². The molecule has 0 atom stereocenters. The fraction of sp³-hybridized carbons (Fsp3) is 0.105. The van der Waals surface area contributed by atoms with Crippen LogP contribution in [0.5, 0.6) is 0 Å². The van der Waals surface area contributed by atoms with Crippen molar-refractivity contribution in [3.63, 3.8) is 0 Å². The maximum absolute atomic E-state index is 12.8. The molecule has 29 heavy (non-hydrogen) atoms. The van der Waals surface area contributed by atoms with E-state index in [2.05, 4.69) is 10.1 Å². The van der Waals surface area contributed by atoms with E-state index in [0.29, 0.717) is 17.8 Å². The third kappa shape index (κ3) is 4.18. The fourth-order valence-corrected chi connectivity index (χ4v) is 3.23. The summed E-state index contributed by atoms with van der Waals surface area (Å²) in [5.41, 5.74) is 0.989. The summed E-state index contributed by atoms with van der Waals surface area (Å²) in [6, 6.07) is 11.3. The zero-order chi connectivity index (χ0) is 21.2. The molecule has 3 aromatic rings. The first-order valence-corrected chi connectivity index (χ1v) is 9.94. The molecule has 0 saturated heterocycles. The summed E-state index contributed by atoms with van der Waals surface area (Å²) >= 11 is 0. The maximum atomic E-state index is 12.8. The van der Waals surface area contributed by atoms with E-state index < -0.39 is 21.6 Å². The van der Waals surface area contributed by atoms with Crippen LogP contribution in [-0.4, -0.2) is 40.0 Å². The number of para-hydroxylation sites is 1. The molecule has 0 fully saturated rings. The Bertz CT molecular complexity index is 1250. The van der Waals surface area contributed by atoms with Gasteiger partial charge in [0.05, 0.1) is 27.4 Å². The molecule has 0 bridgehead atoms. The molecule has 1 aromatic heterocycles. The fourth-order valence-electron chi connectivity index (χ4n) is 2.75. The van der Waals surface area contributed by atoms with Crippen LogP contribution in [0, 0.1) is 0 Å².